The van der Waals surface area contributed by atoms with E-state index in [1.807, 2.05) is 29.3 Å². The smallest absolute Gasteiger partial charge is 0.269 e. The van der Waals surface area contributed by atoms with Gasteiger partial charge in [0.05, 0.1) is 4.88 Å². The van der Waals surface area contributed by atoms with Crippen LogP contribution in [0.1, 0.15) is 37.5 Å². The Morgan fingerprint density at radius 1 is 1.42 bits per heavy atom. The summed E-state index contributed by atoms with van der Waals surface area (Å²) in [6.45, 7) is 3.56. The Kier molecular flexibility index (Phi) is 3.31. The van der Waals surface area contributed by atoms with Gasteiger partial charge >= 0.3 is 0 Å². The predicted octanol–water partition coefficient (Wildman–Crippen LogP) is 2.64. The molecule has 3 rings (SSSR count). The maximum atomic E-state index is 12.6. The molecule has 1 aromatic heterocycles. The monoisotopic (exact) mass is 278 g/mol. The first-order valence-electron chi connectivity index (χ1n) is 6.77. The summed E-state index contributed by atoms with van der Waals surface area (Å²) in [5, 5.41) is 6.14. The standard InChI is InChI=1S/C14H18N2O2S/c1-14(13(17)16-7-3-2-4-8-16)10-11(15-18-14)12-6-5-9-19-12/h5-6,9H,2-4,7-8,10H2,1H3/t14-/m0/s1. The highest BCUT2D eigenvalue weighted by atomic mass is 32.1. The summed E-state index contributed by atoms with van der Waals surface area (Å²) < 4.78 is 0. The maximum Gasteiger partial charge on any atom is 0.269 e. The fourth-order valence-electron chi connectivity index (χ4n) is 2.66. The molecule has 3 heterocycles. The molecule has 0 aliphatic carbocycles. The zero-order valence-corrected chi connectivity index (χ0v) is 11.9. The van der Waals surface area contributed by atoms with Crippen molar-refractivity contribution < 1.29 is 9.63 Å². The van der Waals surface area contributed by atoms with Gasteiger partial charge in [-0.2, -0.15) is 0 Å². The molecule has 2 aliphatic rings. The SMILES string of the molecule is C[C@@]1(C(=O)N2CCCCC2)CC(c2cccs2)=NO1. The van der Waals surface area contributed by atoms with E-state index in [1.54, 1.807) is 11.3 Å². The Bertz CT molecular complexity index is 492. The number of hydrogen-bond acceptors (Lipinski definition) is 4. The number of likely N-dealkylation sites (tertiary alicyclic amines) is 1. The second kappa shape index (κ2) is 4.96. The lowest BCUT2D eigenvalue weighted by Crippen LogP contribution is -2.49. The number of nitrogens with zero attached hydrogens (tertiary/aromatic N) is 2. The zero-order chi connectivity index (χ0) is 13.3. The van der Waals surface area contributed by atoms with Crippen LogP contribution in [0.4, 0.5) is 0 Å². The van der Waals surface area contributed by atoms with Crippen LogP contribution in [-0.2, 0) is 9.63 Å². The van der Waals surface area contributed by atoms with E-state index in [1.165, 1.54) is 6.42 Å². The molecule has 19 heavy (non-hydrogen) atoms. The summed E-state index contributed by atoms with van der Waals surface area (Å²) in [5.74, 6) is 0.0857. The second-order valence-corrected chi connectivity index (χ2v) is 6.31. The Morgan fingerprint density at radius 3 is 2.89 bits per heavy atom. The number of oxime groups is 1. The van der Waals surface area contributed by atoms with E-state index in [0.29, 0.717) is 6.42 Å². The lowest BCUT2D eigenvalue weighted by molar-refractivity contribution is -0.154. The molecule has 4 nitrogen and oxygen atoms in total. The molecule has 0 spiro atoms. The minimum atomic E-state index is -0.809. The summed E-state index contributed by atoms with van der Waals surface area (Å²) in [5.41, 5.74) is 0.0827. The normalized spacial score (nSPS) is 27.0. The van der Waals surface area contributed by atoms with Crippen molar-refractivity contribution in [1.29, 1.82) is 0 Å². The van der Waals surface area contributed by atoms with Gasteiger partial charge in [0.25, 0.3) is 5.91 Å². The molecule has 1 atom stereocenters. The average Bonchev–Trinajstić information content (AvgIpc) is 3.09. The number of rotatable bonds is 2. The average molecular weight is 278 g/mol. The van der Waals surface area contributed by atoms with Crippen LogP contribution in [0.5, 0.6) is 0 Å². The van der Waals surface area contributed by atoms with Crippen molar-refractivity contribution in [3.05, 3.63) is 22.4 Å². The third-order valence-electron chi connectivity index (χ3n) is 3.76. The first kappa shape index (κ1) is 12.7. The van der Waals surface area contributed by atoms with Crippen LogP contribution in [-0.4, -0.2) is 35.2 Å². The van der Waals surface area contributed by atoms with Gasteiger partial charge in [0.15, 0.2) is 0 Å². The van der Waals surface area contributed by atoms with Crippen molar-refractivity contribution in [3.63, 3.8) is 0 Å². The minimum Gasteiger partial charge on any atom is -0.379 e. The van der Waals surface area contributed by atoms with Crippen molar-refractivity contribution in [2.45, 2.75) is 38.2 Å². The molecule has 5 heteroatoms. The number of thiophene rings is 1. The van der Waals surface area contributed by atoms with E-state index < -0.39 is 5.60 Å². The quantitative estimate of drug-likeness (QED) is 0.834. The lowest BCUT2D eigenvalue weighted by Gasteiger charge is -2.32. The summed E-state index contributed by atoms with van der Waals surface area (Å²) in [6, 6.07) is 4.01. The molecule has 0 bridgehead atoms. The van der Waals surface area contributed by atoms with Crippen LogP contribution in [0, 0.1) is 0 Å². The van der Waals surface area contributed by atoms with E-state index in [9.17, 15) is 4.79 Å². The zero-order valence-electron chi connectivity index (χ0n) is 11.1. The summed E-state index contributed by atoms with van der Waals surface area (Å²) in [6.07, 6.45) is 3.99. The third-order valence-corrected chi connectivity index (χ3v) is 4.68. The van der Waals surface area contributed by atoms with Crippen molar-refractivity contribution >= 4 is 23.0 Å². The first-order chi connectivity index (χ1) is 9.19. The number of amides is 1. The highest BCUT2D eigenvalue weighted by molar-refractivity contribution is 7.12. The summed E-state index contributed by atoms with van der Waals surface area (Å²) >= 11 is 1.63. The number of carbonyl (C=O) groups is 1. The topological polar surface area (TPSA) is 41.9 Å². The molecule has 1 saturated heterocycles. The van der Waals surface area contributed by atoms with Gasteiger partial charge in [-0.25, -0.2) is 0 Å². The molecule has 1 fully saturated rings. The summed E-state index contributed by atoms with van der Waals surface area (Å²) in [7, 11) is 0. The third kappa shape index (κ3) is 2.39. The molecule has 0 N–H and O–H groups in total. The van der Waals surface area contributed by atoms with Gasteiger partial charge in [0.2, 0.25) is 5.60 Å². The fraction of sp³-hybridized carbons (Fsp3) is 0.571. The van der Waals surface area contributed by atoms with Crippen LogP contribution in [0.15, 0.2) is 22.7 Å². The van der Waals surface area contributed by atoms with Crippen LogP contribution >= 0.6 is 11.3 Å². The number of piperidine rings is 1. The highest BCUT2D eigenvalue weighted by Gasteiger charge is 2.44. The van der Waals surface area contributed by atoms with Crippen LogP contribution in [0.2, 0.25) is 0 Å². The molecule has 0 aromatic carbocycles. The van der Waals surface area contributed by atoms with Crippen LogP contribution < -0.4 is 0 Å². The van der Waals surface area contributed by atoms with E-state index >= 15 is 0 Å². The lowest BCUT2D eigenvalue weighted by atomic mass is 9.96. The van der Waals surface area contributed by atoms with E-state index in [2.05, 4.69) is 5.16 Å². The highest BCUT2D eigenvalue weighted by Crippen LogP contribution is 2.30. The Balaban J connectivity index is 1.70. The molecular formula is C14H18N2O2S. The Morgan fingerprint density at radius 2 is 2.21 bits per heavy atom. The van der Waals surface area contributed by atoms with Gasteiger partial charge in [0.1, 0.15) is 5.71 Å². The minimum absolute atomic E-state index is 0.0857. The van der Waals surface area contributed by atoms with E-state index in [0.717, 1.165) is 36.5 Å². The van der Waals surface area contributed by atoms with Gasteiger partial charge < -0.3 is 9.74 Å². The van der Waals surface area contributed by atoms with Gasteiger partial charge in [-0.05, 0) is 37.6 Å². The number of carbonyl (C=O) groups excluding carboxylic acids is 1. The van der Waals surface area contributed by atoms with Crippen LogP contribution in [0.3, 0.4) is 0 Å². The molecule has 2 aliphatic heterocycles. The van der Waals surface area contributed by atoms with Gasteiger partial charge in [-0.3, -0.25) is 4.79 Å². The van der Waals surface area contributed by atoms with Crippen LogP contribution in [0.25, 0.3) is 0 Å². The van der Waals surface area contributed by atoms with Crippen molar-refractivity contribution in [3.8, 4) is 0 Å². The van der Waals surface area contributed by atoms with E-state index in [4.69, 9.17) is 4.84 Å². The van der Waals surface area contributed by atoms with Crippen molar-refractivity contribution in [2.75, 3.05) is 13.1 Å². The van der Waals surface area contributed by atoms with Crippen molar-refractivity contribution in [1.82, 2.24) is 4.90 Å². The summed E-state index contributed by atoms with van der Waals surface area (Å²) in [4.78, 5) is 21.1. The van der Waals surface area contributed by atoms with E-state index in [-0.39, 0.29) is 5.91 Å². The molecular weight excluding hydrogens is 260 g/mol. The molecule has 1 amide bonds. The molecule has 102 valence electrons. The van der Waals surface area contributed by atoms with Gasteiger partial charge in [-0.1, -0.05) is 11.2 Å². The largest absolute Gasteiger partial charge is 0.379 e. The van der Waals surface area contributed by atoms with Gasteiger partial charge in [0, 0.05) is 19.5 Å². The predicted molar refractivity (Wildman–Crippen MR) is 75.4 cm³/mol. The maximum absolute atomic E-state index is 12.6. The molecule has 0 radical (unpaired) electrons. The first-order valence-corrected chi connectivity index (χ1v) is 7.65. The molecule has 0 unspecified atom stereocenters. The van der Waals surface area contributed by atoms with Gasteiger partial charge in [-0.15, -0.1) is 11.3 Å². The van der Waals surface area contributed by atoms with Crippen molar-refractivity contribution in [2.24, 2.45) is 5.16 Å². The molecule has 1 aromatic rings. The molecule has 0 saturated carbocycles. The Hall–Kier alpha value is -1.36. The fourth-order valence-corrected chi connectivity index (χ4v) is 3.37. The second-order valence-electron chi connectivity index (χ2n) is 5.37. The number of hydrogen-bond donors (Lipinski definition) is 0. The Labute approximate surface area is 117 Å².